The molecule has 4 rings (SSSR count). The molecule has 2 fully saturated rings. The summed E-state index contributed by atoms with van der Waals surface area (Å²) >= 11 is 0. The average molecular weight is 414 g/mol. The van der Waals surface area contributed by atoms with Crippen molar-refractivity contribution in [3.8, 4) is 0 Å². The Labute approximate surface area is 177 Å². The number of esters is 1. The summed E-state index contributed by atoms with van der Waals surface area (Å²) < 4.78 is 5.46. The predicted molar refractivity (Wildman–Crippen MR) is 113 cm³/mol. The van der Waals surface area contributed by atoms with Crippen LogP contribution in [0.25, 0.3) is 0 Å². The van der Waals surface area contributed by atoms with Gasteiger partial charge < -0.3 is 4.74 Å². The van der Waals surface area contributed by atoms with Crippen molar-refractivity contribution in [3.05, 3.63) is 29.3 Å². The van der Waals surface area contributed by atoms with Crippen LogP contribution < -0.4 is 10.2 Å². The van der Waals surface area contributed by atoms with E-state index >= 15 is 0 Å². The first-order chi connectivity index (χ1) is 14.2. The number of amides is 3. The van der Waals surface area contributed by atoms with E-state index in [-0.39, 0.29) is 23.3 Å². The van der Waals surface area contributed by atoms with Crippen LogP contribution in [-0.4, -0.2) is 54.6 Å². The monoisotopic (exact) mass is 413 g/mol. The van der Waals surface area contributed by atoms with Crippen LogP contribution in [0.3, 0.4) is 0 Å². The standard InChI is InChI=1S/C23H31N3O4/c1-22(2,3)30-20(28)15-25-12-9-23(10-13-25)8-6-16-14-17(4-5-18(16)23)26-11-7-19(27)24-21(26)29/h4-5,14H,6-13,15H2,1-3H3,(H,24,27,29). The molecule has 162 valence electrons. The van der Waals surface area contributed by atoms with Gasteiger partial charge in [0.15, 0.2) is 0 Å². The summed E-state index contributed by atoms with van der Waals surface area (Å²) in [6.07, 6.45) is 4.50. The average Bonchev–Trinajstić information content (AvgIpc) is 3.00. The topological polar surface area (TPSA) is 79.0 Å². The van der Waals surface area contributed by atoms with Gasteiger partial charge in [0.25, 0.3) is 0 Å². The summed E-state index contributed by atoms with van der Waals surface area (Å²) in [5.74, 6) is -0.372. The lowest BCUT2D eigenvalue weighted by atomic mass is 9.74. The molecule has 7 nitrogen and oxygen atoms in total. The summed E-state index contributed by atoms with van der Waals surface area (Å²) in [4.78, 5) is 39.6. The zero-order valence-corrected chi connectivity index (χ0v) is 18.1. The lowest BCUT2D eigenvalue weighted by Gasteiger charge is -2.40. The van der Waals surface area contributed by atoms with Gasteiger partial charge in [0, 0.05) is 18.7 Å². The second-order valence-corrected chi connectivity index (χ2v) is 9.74. The van der Waals surface area contributed by atoms with E-state index in [0.717, 1.165) is 44.5 Å². The maximum Gasteiger partial charge on any atom is 0.328 e. The Morgan fingerprint density at radius 2 is 1.83 bits per heavy atom. The van der Waals surface area contributed by atoms with Crippen LogP contribution in [0.15, 0.2) is 18.2 Å². The molecule has 2 aliphatic heterocycles. The number of carbonyl (C=O) groups is 3. The van der Waals surface area contributed by atoms with E-state index in [1.165, 1.54) is 11.1 Å². The van der Waals surface area contributed by atoms with Gasteiger partial charge in [-0.1, -0.05) is 6.07 Å². The van der Waals surface area contributed by atoms with Gasteiger partial charge in [-0.05, 0) is 88.2 Å². The summed E-state index contributed by atoms with van der Waals surface area (Å²) in [7, 11) is 0. The fourth-order valence-electron chi connectivity index (χ4n) is 5.01. The fraction of sp³-hybridized carbons (Fsp3) is 0.609. The lowest BCUT2D eigenvalue weighted by Crippen LogP contribution is -2.49. The zero-order valence-electron chi connectivity index (χ0n) is 18.1. The van der Waals surface area contributed by atoms with E-state index in [4.69, 9.17) is 4.74 Å². The first kappa shape index (κ1) is 20.8. The number of hydrogen-bond acceptors (Lipinski definition) is 5. The summed E-state index contributed by atoms with van der Waals surface area (Å²) in [6.45, 7) is 8.23. The Kier molecular flexibility index (Phi) is 5.34. The van der Waals surface area contributed by atoms with Gasteiger partial charge in [0.2, 0.25) is 5.91 Å². The number of likely N-dealkylation sites (tertiary alicyclic amines) is 1. The molecule has 1 aromatic rings. The lowest BCUT2D eigenvalue weighted by molar-refractivity contribution is -0.156. The molecule has 3 amide bonds. The fourth-order valence-corrected chi connectivity index (χ4v) is 5.01. The highest BCUT2D eigenvalue weighted by atomic mass is 16.6. The van der Waals surface area contributed by atoms with Crippen molar-refractivity contribution in [2.75, 3.05) is 31.1 Å². The van der Waals surface area contributed by atoms with Crippen LogP contribution in [0.1, 0.15) is 57.6 Å². The van der Waals surface area contributed by atoms with Crippen molar-refractivity contribution in [2.24, 2.45) is 0 Å². The summed E-state index contributed by atoms with van der Waals surface area (Å²) in [5, 5.41) is 2.39. The van der Waals surface area contributed by atoms with Gasteiger partial charge in [-0.15, -0.1) is 0 Å². The molecule has 0 aromatic heterocycles. The number of fused-ring (bicyclic) bond motifs is 2. The second kappa shape index (κ2) is 7.69. The molecule has 0 atom stereocenters. The van der Waals surface area contributed by atoms with E-state index in [2.05, 4.69) is 22.3 Å². The number of rotatable bonds is 3. The normalized spacial score (nSPS) is 21.5. The smallest absolute Gasteiger partial charge is 0.328 e. The van der Waals surface area contributed by atoms with Gasteiger partial charge in [-0.25, -0.2) is 4.79 Å². The molecular formula is C23H31N3O4. The summed E-state index contributed by atoms with van der Waals surface area (Å²) in [5.41, 5.74) is 3.26. The van der Waals surface area contributed by atoms with Gasteiger partial charge in [-0.2, -0.15) is 0 Å². The Bertz CT molecular complexity index is 866. The van der Waals surface area contributed by atoms with E-state index in [1.54, 1.807) is 4.90 Å². The largest absolute Gasteiger partial charge is 0.459 e. The first-order valence-corrected chi connectivity index (χ1v) is 10.8. The van der Waals surface area contributed by atoms with Crippen LogP contribution >= 0.6 is 0 Å². The van der Waals surface area contributed by atoms with Crippen molar-refractivity contribution in [1.82, 2.24) is 10.2 Å². The third-order valence-corrected chi connectivity index (χ3v) is 6.48. The molecule has 2 heterocycles. The van der Waals surface area contributed by atoms with Gasteiger partial charge in [0.1, 0.15) is 5.60 Å². The van der Waals surface area contributed by atoms with Crippen LogP contribution in [0.2, 0.25) is 0 Å². The van der Waals surface area contributed by atoms with Crippen LogP contribution in [0.5, 0.6) is 0 Å². The third kappa shape index (κ3) is 4.21. The van der Waals surface area contributed by atoms with Crippen LogP contribution in [-0.2, 0) is 26.2 Å². The quantitative estimate of drug-likeness (QED) is 0.771. The molecule has 1 spiro atoms. The van der Waals surface area contributed by atoms with Crippen molar-refractivity contribution < 1.29 is 19.1 Å². The maximum absolute atomic E-state index is 12.2. The molecule has 3 aliphatic rings. The number of ether oxygens (including phenoxy) is 1. The van der Waals surface area contributed by atoms with E-state index < -0.39 is 5.60 Å². The molecular weight excluding hydrogens is 382 g/mol. The highest BCUT2D eigenvalue weighted by Gasteiger charge is 2.41. The van der Waals surface area contributed by atoms with Crippen molar-refractivity contribution >= 4 is 23.6 Å². The predicted octanol–water partition coefficient (Wildman–Crippen LogP) is 2.75. The van der Waals surface area contributed by atoms with Gasteiger partial charge >= 0.3 is 12.0 Å². The van der Waals surface area contributed by atoms with Crippen LogP contribution in [0.4, 0.5) is 10.5 Å². The number of anilines is 1. The molecule has 1 aliphatic carbocycles. The number of imide groups is 1. The molecule has 1 aromatic carbocycles. The number of aryl methyl sites for hydroxylation is 1. The number of urea groups is 1. The van der Waals surface area contributed by atoms with E-state index in [9.17, 15) is 14.4 Å². The van der Waals surface area contributed by atoms with Crippen molar-refractivity contribution in [3.63, 3.8) is 0 Å². The SMILES string of the molecule is CC(C)(C)OC(=O)CN1CCC2(CCc3cc(N4CCC(=O)NC4=O)ccc32)CC1. The molecule has 2 saturated heterocycles. The molecule has 0 radical (unpaired) electrons. The Morgan fingerprint density at radius 3 is 2.50 bits per heavy atom. The van der Waals surface area contributed by atoms with Gasteiger partial charge in [-0.3, -0.25) is 24.7 Å². The number of carbonyl (C=O) groups excluding carboxylic acids is 3. The van der Waals surface area contributed by atoms with Crippen molar-refractivity contribution in [2.45, 2.75) is 63.9 Å². The highest BCUT2D eigenvalue weighted by molar-refractivity contribution is 6.05. The van der Waals surface area contributed by atoms with Crippen molar-refractivity contribution in [1.29, 1.82) is 0 Å². The zero-order chi connectivity index (χ0) is 21.5. The molecule has 30 heavy (non-hydrogen) atoms. The maximum atomic E-state index is 12.2. The molecule has 1 N–H and O–H groups in total. The number of nitrogens with zero attached hydrogens (tertiary/aromatic N) is 2. The van der Waals surface area contributed by atoms with E-state index in [1.807, 2.05) is 26.8 Å². The number of benzene rings is 1. The Balaban J connectivity index is 1.41. The third-order valence-electron chi connectivity index (χ3n) is 6.48. The minimum absolute atomic E-state index is 0.159. The molecule has 0 bridgehead atoms. The molecule has 0 unspecified atom stereocenters. The Morgan fingerprint density at radius 1 is 1.10 bits per heavy atom. The van der Waals surface area contributed by atoms with Gasteiger partial charge in [0.05, 0.1) is 6.54 Å². The molecule has 7 heteroatoms. The number of hydrogen-bond donors (Lipinski definition) is 1. The number of nitrogens with one attached hydrogen (secondary N) is 1. The minimum Gasteiger partial charge on any atom is -0.459 e. The highest BCUT2D eigenvalue weighted by Crippen LogP contribution is 2.47. The molecule has 0 saturated carbocycles. The minimum atomic E-state index is -0.450. The first-order valence-electron chi connectivity index (χ1n) is 10.8. The summed E-state index contributed by atoms with van der Waals surface area (Å²) in [6, 6.07) is 5.96. The van der Waals surface area contributed by atoms with Crippen LogP contribution in [0, 0.1) is 0 Å². The second-order valence-electron chi connectivity index (χ2n) is 9.74. The number of piperidine rings is 1. The van der Waals surface area contributed by atoms with E-state index in [0.29, 0.717) is 19.5 Å². The Hall–Kier alpha value is -2.41.